The first kappa shape index (κ1) is 19.6. The number of rotatable bonds is 7. The summed E-state index contributed by atoms with van der Waals surface area (Å²) in [5.41, 5.74) is 0.586. The van der Waals surface area contributed by atoms with Crippen LogP contribution in [-0.4, -0.2) is 46.9 Å². The van der Waals surface area contributed by atoms with Gasteiger partial charge in [0.1, 0.15) is 17.8 Å². The molecule has 0 radical (unpaired) electrons. The summed E-state index contributed by atoms with van der Waals surface area (Å²) < 4.78 is 4.71. The van der Waals surface area contributed by atoms with Crippen molar-refractivity contribution in [2.75, 3.05) is 7.11 Å². The molecule has 140 valence electrons. The molecule has 2 rings (SSSR count). The zero-order chi connectivity index (χ0) is 19.1. The summed E-state index contributed by atoms with van der Waals surface area (Å²) in [5.74, 6) is -1.52. The van der Waals surface area contributed by atoms with E-state index in [1.807, 2.05) is 0 Å². The summed E-state index contributed by atoms with van der Waals surface area (Å²) in [6, 6.07) is -1.72. The van der Waals surface area contributed by atoms with Crippen molar-refractivity contribution in [2.24, 2.45) is 5.92 Å². The molecule has 1 aliphatic carbocycles. The normalized spacial score (nSPS) is 16.4. The van der Waals surface area contributed by atoms with Gasteiger partial charge in [-0.05, 0) is 31.3 Å². The quantitative estimate of drug-likeness (QED) is 0.554. The first-order valence-electron chi connectivity index (χ1n) is 8.54. The summed E-state index contributed by atoms with van der Waals surface area (Å²) in [5, 5.41) is 5.38. The van der Waals surface area contributed by atoms with Crippen molar-refractivity contribution in [1.82, 2.24) is 20.6 Å². The molecule has 2 N–H and O–H groups in total. The van der Waals surface area contributed by atoms with Crippen molar-refractivity contribution in [2.45, 2.75) is 44.7 Å². The van der Waals surface area contributed by atoms with Crippen LogP contribution in [0.2, 0.25) is 0 Å². The minimum atomic E-state index is -0.954. The number of methoxy groups -OCH3 is 1. The molecule has 2 amide bonds. The van der Waals surface area contributed by atoms with Crippen LogP contribution in [0.15, 0.2) is 30.7 Å². The van der Waals surface area contributed by atoms with E-state index in [4.69, 9.17) is 4.74 Å². The van der Waals surface area contributed by atoms with E-state index in [-0.39, 0.29) is 11.6 Å². The van der Waals surface area contributed by atoms with Gasteiger partial charge in [0.25, 0.3) is 5.91 Å². The molecule has 0 aliphatic heterocycles. The van der Waals surface area contributed by atoms with Crippen LogP contribution < -0.4 is 10.6 Å². The molecular formula is C18H24N4O4. The predicted octanol–water partition coefficient (Wildman–Crippen LogP) is 0.999. The van der Waals surface area contributed by atoms with Crippen LogP contribution in [0.5, 0.6) is 0 Å². The first-order chi connectivity index (χ1) is 12.4. The number of hydrogen-bond acceptors (Lipinski definition) is 6. The minimum Gasteiger partial charge on any atom is -0.467 e. The maximum absolute atomic E-state index is 12.8. The summed E-state index contributed by atoms with van der Waals surface area (Å²) >= 11 is 0. The molecule has 0 unspecified atom stereocenters. The van der Waals surface area contributed by atoms with Gasteiger partial charge in [-0.1, -0.05) is 19.4 Å². The maximum Gasteiger partial charge on any atom is 0.332 e. The molecule has 0 spiro atoms. The number of amides is 2. The standard InChI is InChI=1S/C18H24N4O4/c1-11(2)14(18(25)26-3)21-17(24)15(12-6-4-5-7-12)22-16(23)13-10-19-8-9-20-13/h8-10,12,14-15H,1,4-7H2,2-3H3,(H,21,24)(H,22,23)/t14-,15-/m0/s1. The van der Waals surface area contributed by atoms with Crippen LogP contribution in [0, 0.1) is 5.92 Å². The lowest BCUT2D eigenvalue weighted by molar-refractivity contribution is -0.144. The van der Waals surface area contributed by atoms with Gasteiger partial charge in [-0.2, -0.15) is 0 Å². The third-order valence-corrected chi connectivity index (χ3v) is 4.45. The van der Waals surface area contributed by atoms with Crippen molar-refractivity contribution in [3.05, 3.63) is 36.4 Å². The molecule has 1 heterocycles. The van der Waals surface area contributed by atoms with Gasteiger partial charge in [-0.25, -0.2) is 9.78 Å². The molecule has 0 aromatic carbocycles. The van der Waals surface area contributed by atoms with Crippen LogP contribution in [-0.2, 0) is 14.3 Å². The van der Waals surface area contributed by atoms with E-state index in [2.05, 4.69) is 27.2 Å². The molecule has 1 saturated carbocycles. The average molecular weight is 360 g/mol. The third-order valence-electron chi connectivity index (χ3n) is 4.45. The Morgan fingerprint density at radius 1 is 1.23 bits per heavy atom. The highest BCUT2D eigenvalue weighted by molar-refractivity contribution is 5.97. The Balaban J connectivity index is 2.15. The second-order valence-corrected chi connectivity index (χ2v) is 6.40. The number of hydrogen-bond donors (Lipinski definition) is 2. The third kappa shape index (κ3) is 4.87. The Morgan fingerprint density at radius 2 is 1.92 bits per heavy atom. The number of ether oxygens (including phenoxy) is 1. The van der Waals surface area contributed by atoms with Gasteiger partial charge in [0.2, 0.25) is 5.91 Å². The fourth-order valence-electron chi connectivity index (χ4n) is 3.05. The number of aromatic nitrogens is 2. The van der Waals surface area contributed by atoms with Gasteiger partial charge < -0.3 is 15.4 Å². The fourth-order valence-corrected chi connectivity index (χ4v) is 3.05. The number of nitrogens with zero attached hydrogens (tertiary/aromatic N) is 2. The van der Waals surface area contributed by atoms with Gasteiger partial charge in [0, 0.05) is 12.4 Å². The average Bonchev–Trinajstić information content (AvgIpc) is 3.17. The highest BCUT2D eigenvalue weighted by Crippen LogP contribution is 2.28. The number of carbonyl (C=O) groups excluding carboxylic acids is 3. The number of carbonyl (C=O) groups is 3. The Bertz CT molecular complexity index is 671. The van der Waals surface area contributed by atoms with Gasteiger partial charge in [0.05, 0.1) is 13.3 Å². The molecule has 1 aromatic rings. The molecule has 26 heavy (non-hydrogen) atoms. The smallest absolute Gasteiger partial charge is 0.332 e. The molecule has 1 aliphatic rings. The lowest BCUT2D eigenvalue weighted by Gasteiger charge is -2.26. The van der Waals surface area contributed by atoms with Crippen LogP contribution >= 0.6 is 0 Å². The second-order valence-electron chi connectivity index (χ2n) is 6.40. The zero-order valence-corrected chi connectivity index (χ0v) is 15.0. The van der Waals surface area contributed by atoms with Crippen molar-refractivity contribution < 1.29 is 19.1 Å². The van der Waals surface area contributed by atoms with Crippen LogP contribution in [0.4, 0.5) is 0 Å². The number of nitrogens with one attached hydrogen (secondary N) is 2. The maximum atomic E-state index is 12.8. The lowest BCUT2D eigenvalue weighted by Crippen LogP contribution is -2.54. The van der Waals surface area contributed by atoms with Crippen LogP contribution in [0.3, 0.4) is 0 Å². The second kappa shape index (κ2) is 9.07. The van der Waals surface area contributed by atoms with E-state index in [0.717, 1.165) is 25.7 Å². The van der Waals surface area contributed by atoms with E-state index in [0.29, 0.717) is 5.57 Å². The van der Waals surface area contributed by atoms with Crippen LogP contribution in [0.1, 0.15) is 43.1 Å². The van der Waals surface area contributed by atoms with E-state index >= 15 is 0 Å². The predicted molar refractivity (Wildman–Crippen MR) is 94.0 cm³/mol. The SMILES string of the molecule is C=C(C)[C@H](NC(=O)[C@@H](NC(=O)c1cnccn1)C1CCCC1)C(=O)OC. The van der Waals surface area contributed by atoms with E-state index < -0.39 is 29.9 Å². The first-order valence-corrected chi connectivity index (χ1v) is 8.54. The Hall–Kier alpha value is -2.77. The Morgan fingerprint density at radius 3 is 2.46 bits per heavy atom. The van der Waals surface area contributed by atoms with E-state index in [1.165, 1.54) is 25.7 Å². The molecule has 8 nitrogen and oxygen atoms in total. The molecule has 2 atom stereocenters. The lowest BCUT2D eigenvalue weighted by atomic mass is 9.96. The monoisotopic (exact) mass is 360 g/mol. The molecular weight excluding hydrogens is 336 g/mol. The van der Waals surface area contributed by atoms with Gasteiger partial charge in [0.15, 0.2) is 0 Å². The molecule has 1 aromatic heterocycles. The molecule has 8 heteroatoms. The summed E-state index contributed by atoms with van der Waals surface area (Å²) in [6.07, 6.45) is 7.86. The van der Waals surface area contributed by atoms with E-state index in [1.54, 1.807) is 6.92 Å². The molecule has 0 bridgehead atoms. The summed E-state index contributed by atoms with van der Waals surface area (Å²) in [6.45, 7) is 5.35. The number of esters is 1. The topological polar surface area (TPSA) is 110 Å². The van der Waals surface area contributed by atoms with Gasteiger partial charge in [-0.3, -0.25) is 14.6 Å². The van der Waals surface area contributed by atoms with Crippen molar-refractivity contribution in [3.63, 3.8) is 0 Å². The highest BCUT2D eigenvalue weighted by atomic mass is 16.5. The molecule has 1 fully saturated rings. The largest absolute Gasteiger partial charge is 0.467 e. The van der Waals surface area contributed by atoms with Crippen molar-refractivity contribution in [1.29, 1.82) is 0 Å². The highest BCUT2D eigenvalue weighted by Gasteiger charge is 2.34. The summed E-state index contributed by atoms with van der Waals surface area (Å²) in [4.78, 5) is 44.9. The Labute approximate surface area is 152 Å². The zero-order valence-electron chi connectivity index (χ0n) is 15.0. The minimum absolute atomic E-state index is 0.000889. The van der Waals surface area contributed by atoms with Crippen molar-refractivity contribution in [3.8, 4) is 0 Å². The van der Waals surface area contributed by atoms with Gasteiger partial charge >= 0.3 is 5.97 Å². The fraction of sp³-hybridized carbons (Fsp3) is 0.500. The van der Waals surface area contributed by atoms with E-state index in [9.17, 15) is 14.4 Å². The van der Waals surface area contributed by atoms with Gasteiger partial charge in [-0.15, -0.1) is 0 Å². The van der Waals surface area contributed by atoms with Crippen LogP contribution in [0.25, 0.3) is 0 Å². The van der Waals surface area contributed by atoms with Crippen molar-refractivity contribution >= 4 is 17.8 Å². The summed E-state index contributed by atoms with van der Waals surface area (Å²) in [7, 11) is 1.24. The Kier molecular flexibility index (Phi) is 6.82. The molecule has 0 saturated heterocycles.